The maximum Gasteiger partial charge on any atom is 0.280 e. The summed E-state index contributed by atoms with van der Waals surface area (Å²) < 4.78 is 0. The second-order valence-electron chi connectivity index (χ2n) is 7.09. The highest BCUT2D eigenvalue weighted by atomic mass is 35.5. The topological polar surface area (TPSA) is 164 Å². The molecular formula is C17H20ClN9O2. The van der Waals surface area contributed by atoms with Crippen molar-refractivity contribution in [1.82, 2.24) is 25.5 Å². The van der Waals surface area contributed by atoms with Crippen molar-refractivity contribution in [2.24, 2.45) is 9.98 Å². The number of rotatable bonds is 2. The zero-order chi connectivity index (χ0) is 20.6. The lowest BCUT2D eigenvalue weighted by Crippen LogP contribution is -2.57. The number of nitrogen functional groups attached to an aromatic ring is 2. The van der Waals surface area contributed by atoms with E-state index in [1.807, 2.05) is 6.08 Å². The van der Waals surface area contributed by atoms with Gasteiger partial charge in [-0.2, -0.15) is 0 Å². The second kappa shape index (κ2) is 7.32. The number of halogens is 1. The number of guanidine groups is 1. The van der Waals surface area contributed by atoms with E-state index in [1.54, 1.807) is 11.1 Å². The number of piperidine rings is 1. The van der Waals surface area contributed by atoms with Gasteiger partial charge in [-0.25, -0.2) is 9.97 Å². The van der Waals surface area contributed by atoms with Gasteiger partial charge in [0, 0.05) is 25.7 Å². The molecule has 0 aliphatic carbocycles. The van der Waals surface area contributed by atoms with Crippen molar-refractivity contribution in [3.63, 3.8) is 0 Å². The molecule has 3 aliphatic heterocycles. The number of anilines is 2. The molecule has 2 amide bonds. The Morgan fingerprint density at radius 2 is 1.97 bits per heavy atom. The van der Waals surface area contributed by atoms with Gasteiger partial charge in [-0.15, -0.1) is 0 Å². The molecule has 4 rings (SSSR count). The summed E-state index contributed by atoms with van der Waals surface area (Å²) in [6.07, 6.45) is 5.66. The smallest absolute Gasteiger partial charge is 0.280 e. The van der Waals surface area contributed by atoms with Crippen LogP contribution >= 0.6 is 11.6 Å². The van der Waals surface area contributed by atoms with Gasteiger partial charge in [-0.1, -0.05) is 11.6 Å². The van der Waals surface area contributed by atoms with Crippen LogP contribution in [-0.4, -0.2) is 64.0 Å². The van der Waals surface area contributed by atoms with E-state index in [4.69, 9.17) is 23.1 Å². The second-order valence-corrected chi connectivity index (χ2v) is 7.44. The fraction of sp³-hybridized carbons (Fsp3) is 0.412. The van der Waals surface area contributed by atoms with Gasteiger partial charge in [0.25, 0.3) is 11.8 Å². The number of nitrogens with one attached hydrogen (secondary N) is 2. The standard InChI is InChI=1S/C17H20ClN9O2/c18-11-13(20)24-12(19)10(23-11)14(28)25-16-22-8-17(26-16)3-6-27(7-4-17)15(29)9-2-1-5-21-9/h2,5H,1,3-4,6-8H2,(H4,19,20,24)(H2,22,25,26,28). The molecule has 0 radical (unpaired) electrons. The summed E-state index contributed by atoms with van der Waals surface area (Å²) in [4.78, 5) is 42.9. The molecule has 1 spiro atoms. The van der Waals surface area contributed by atoms with Gasteiger partial charge < -0.3 is 21.7 Å². The highest BCUT2D eigenvalue weighted by molar-refractivity contribution is 6.31. The lowest BCUT2D eigenvalue weighted by Gasteiger charge is -2.39. The third-order valence-corrected chi connectivity index (χ3v) is 5.43. The number of nitrogens with two attached hydrogens (primary N) is 2. The molecule has 0 bridgehead atoms. The highest BCUT2D eigenvalue weighted by Crippen LogP contribution is 2.27. The zero-order valence-electron chi connectivity index (χ0n) is 15.5. The zero-order valence-corrected chi connectivity index (χ0v) is 16.2. The van der Waals surface area contributed by atoms with Gasteiger partial charge in [-0.3, -0.25) is 24.9 Å². The molecule has 29 heavy (non-hydrogen) atoms. The summed E-state index contributed by atoms with van der Waals surface area (Å²) in [5.74, 6) is -0.467. The third-order valence-electron chi connectivity index (χ3n) is 5.15. The fourth-order valence-electron chi connectivity index (χ4n) is 3.50. The molecule has 4 heterocycles. The molecule has 1 fully saturated rings. The molecule has 3 aliphatic rings. The van der Waals surface area contributed by atoms with Crippen LogP contribution in [0.2, 0.25) is 5.15 Å². The van der Waals surface area contributed by atoms with E-state index in [0.717, 1.165) is 0 Å². The Kier molecular flexibility index (Phi) is 4.82. The predicted octanol–water partition coefficient (Wildman–Crippen LogP) is -0.297. The van der Waals surface area contributed by atoms with Crippen LogP contribution in [0.25, 0.3) is 0 Å². The number of carbonyl (C=O) groups excluding carboxylic acids is 2. The molecule has 1 aromatic heterocycles. The van der Waals surface area contributed by atoms with Crippen molar-refractivity contribution in [1.29, 1.82) is 0 Å². The monoisotopic (exact) mass is 417 g/mol. The summed E-state index contributed by atoms with van der Waals surface area (Å²) >= 11 is 5.82. The van der Waals surface area contributed by atoms with Crippen molar-refractivity contribution in [3.05, 3.63) is 22.6 Å². The fourth-order valence-corrected chi connectivity index (χ4v) is 3.63. The summed E-state index contributed by atoms with van der Waals surface area (Å²) in [6.45, 7) is 1.66. The number of carbonyl (C=O) groups is 2. The average Bonchev–Trinajstić information content (AvgIpc) is 3.36. The maximum absolute atomic E-state index is 12.5. The third kappa shape index (κ3) is 3.73. The van der Waals surface area contributed by atoms with Crippen LogP contribution in [0.1, 0.15) is 29.8 Å². The van der Waals surface area contributed by atoms with Gasteiger partial charge in [0.2, 0.25) is 0 Å². The first-order valence-corrected chi connectivity index (χ1v) is 9.49. The van der Waals surface area contributed by atoms with Gasteiger partial charge in [0.05, 0.1) is 12.1 Å². The first kappa shape index (κ1) is 19.1. The van der Waals surface area contributed by atoms with Crippen molar-refractivity contribution >= 4 is 47.2 Å². The van der Waals surface area contributed by atoms with E-state index in [1.165, 1.54) is 0 Å². The first-order chi connectivity index (χ1) is 13.9. The number of hydrogen-bond donors (Lipinski definition) is 4. The number of aliphatic imine (C=N–C) groups is 2. The Morgan fingerprint density at radius 1 is 1.21 bits per heavy atom. The Balaban J connectivity index is 1.35. The normalized spacial score (nSPS) is 19.7. The van der Waals surface area contributed by atoms with Crippen LogP contribution in [0.15, 0.2) is 21.8 Å². The molecule has 0 saturated carbocycles. The predicted molar refractivity (Wildman–Crippen MR) is 109 cm³/mol. The minimum Gasteiger partial charge on any atom is -0.382 e. The minimum absolute atomic E-state index is 0.0450. The van der Waals surface area contributed by atoms with E-state index in [2.05, 4.69) is 30.6 Å². The van der Waals surface area contributed by atoms with Gasteiger partial charge in [0.1, 0.15) is 5.70 Å². The number of likely N-dealkylation sites (tertiary alicyclic amines) is 1. The van der Waals surface area contributed by atoms with E-state index in [9.17, 15) is 9.59 Å². The van der Waals surface area contributed by atoms with Crippen LogP contribution < -0.4 is 22.1 Å². The average molecular weight is 418 g/mol. The Morgan fingerprint density at radius 3 is 2.66 bits per heavy atom. The molecule has 152 valence electrons. The quantitative estimate of drug-likeness (QED) is 0.513. The number of amides is 2. The van der Waals surface area contributed by atoms with Crippen molar-refractivity contribution in [2.75, 3.05) is 31.1 Å². The molecule has 1 aromatic rings. The van der Waals surface area contributed by atoms with E-state index < -0.39 is 5.91 Å². The molecule has 0 aromatic carbocycles. The Hall–Kier alpha value is -3.21. The van der Waals surface area contributed by atoms with Gasteiger partial charge in [-0.05, 0) is 18.9 Å². The number of hydrogen-bond acceptors (Lipinski definition) is 9. The van der Waals surface area contributed by atoms with Crippen LogP contribution in [0.4, 0.5) is 11.6 Å². The lowest BCUT2D eigenvalue weighted by atomic mass is 9.88. The number of aromatic nitrogens is 2. The van der Waals surface area contributed by atoms with Crippen LogP contribution in [0.3, 0.4) is 0 Å². The summed E-state index contributed by atoms with van der Waals surface area (Å²) in [7, 11) is 0. The molecular weight excluding hydrogens is 398 g/mol. The molecule has 0 unspecified atom stereocenters. The first-order valence-electron chi connectivity index (χ1n) is 9.11. The Labute approximate surface area is 171 Å². The van der Waals surface area contributed by atoms with Gasteiger partial charge >= 0.3 is 0 Å². The van der Waals surface area contributed by atoms with Crippen LogP contribution in [0, 0.1) is 0 Å². The number of allylic oxidation sites excluding steroid dienone is 1. The lowest BCUT2D eigenvalue weighted by molar-refractivity contribution is -0.128. The molecule has 12 heteroatoms. The van der Waals surface area contributed by atoms with Gasteiger partial charge in [0.15, 0.2) is 28.4 Å². The van der Waals surface area contributed by atoms with E-state index in [-0.39, 0.29) is 33.9 Å². The maximum atomic E-state index is 12.5. The summed E-state index contributed by atoms with van der Waals surface area (Å²) in [5, 5.41) is 5.82. The largest absolute Gasteiger partial charge is 0.382 e. The van der Waals surface area contributed by atoms with Crippen molar-refractivity contribution < 1.29 is 9.59 Å². The van der Waals surface area contributed by atoms with Crippen LogP contribution in [0.5, 0.6) is 0 Å². The molecule has 0 atom stereocenters. The summed E-state index contributed by atoms with van der Waals surface area (Å²) in [6, 6.07) is 0. The van der Waals surface area contributed by atoms with Crippen LogP contribution in [-0.2, 0) is 4.79 Å². The SMILES string of the molecule is Nc1nc(N)c(C(=O)NC2=NCC3(CCN(C(=O)C4=CCC=N4)CC3)N2)nc1Cl. The van der Waals surface area contributed by atoms with E-state index in [0.29, 0.717) is 50.6 Å². The minimum atomic E-state index is -0.584. The van der Waals surface area contributed by atoms with Crippen molar-refractivity contribution in [2.45, 2.75) is 24.8 Å². The van der Waals surface area contributed by atoms with Crippen molar-refractivity contribution in [3.8, 4) is 0 Å². The molecule has 6 N–H and O–H groups in total. The Bertz CT molecular complexity index is 964. The number of nitrogens with zero attached hydrogens (tertiary/aromatic N) is 5. The van der Waals surface area contributed by atoms with E-state index >= 15 is 0 Å². The highest BCUT2D eigenvalue weighted by Gasteiger charge is 2.40. The molecule has 11 nitrogen and oxygen atoms in total. The summed E-state index contributed by atoms with van der Waals surface area (Å²) in [5.41, 5.74) is 11.3. The molecule has 1 saturated heterocycles.